The number of hydrogen-bond donors (Lipinski definition) is 5. The molecule has 0 radical (unpaired) electrons. The van der Waals surface area contributed by atoms with Gasteiger partial charge in [-0.15, -0.1) is 0 Å². The predicted molar refractivity (Wildman–Crippen MR) is 78.4 cm³/mol. The normalized spacial score (nSPS) is 14.5. The van der Waals surface area contributed by atoms with Crippen LogP contribution in [0.1, 0.15) is 33.1 Å². The molecule has 0 aromatic heterocycles. The Bertz CT molecular complexity index is 427. The summed E-state index contributed by atoms with van der Waals surface area (Å²) in [7, 11) is 0. The SMILES string of the molecule is CC[C@H](C)[C@H](NC(=O)CNC(=O)[C@@H](N)CCC(N)=O)C(=O)O. The molecule has 3 amide bonds. The topological polar surface area (TPSA) is 165 Å². The van der Waals surface area contributed by atoms with Crippen LogP contribution >= 0.6 is 0 Å². The highest BCUT2D eigenvalue weighted by atomic mass is 16.4. The van der Waals surface area contributed by atoms with Gasteiger partial charge in [0.25, 0.3) is 0 Å². The quantitative estimate of drug-likeness (QED) is 0.322. The summed E-state index contributed by atoms with van der Waals surface area (Å²) in [6.45, 7) is 3.13. The molecule has 0 aliphatic rings. The standard InChI is InChI=1S/C13H24N4O5/c1-3-7(2)11(13(21)22)17-10(19)6-16-12(20)8(14)4-5-9(15)18/h7-8,11H,3-6,14H2,1-2H3,(H2,15,18)(H,16,20)(H,17,19)(H,21,22)/t7-,8-,11-/m0/s1. The van der Waals surface area contributed by atoms with Crippen molar-refractivity contribution in [2.24, 2.45) is 17.4 Å². The number of carbonyl (C=O) groups is 4. The molecule has 0 rings (SSSR count). The summed E-state index contributed by atoms with van der Waals surface area (Å²) in [6, 6.07) is -1.97. The summed E-state index contributed by atoms with van der Waals surface area (Å²) in [5, 5.41) is 13.7. The zero-order valence-electron chi connectivity index (χ0n) is 12.8. The van der Waals surface area contributed by atoms with Crippen molar-refractivity contribution in [2.75, 3.05) is 6.54 Å². The summed E-state index contributed by atoms with van der Waals surface area (Å²) in [6.07, 6.45) is 0.630. The molecule has 7 N–H and O–H groups in total. The molecule has 9 heteroatoms. The van der Waals surface area contributed by atoms with E-state index in [4.69, 9.17) is 16.6 Å². The van der Waals surface area contributed by atoms with E-state index < -0.39 is 35.8 Å². The number of nitrogens with one attached hydrogen (secondary N) is 2. The third-order valence-corrected chi connectivity index (χ3v) is 3.26. The minimum Gasteiger partial charge on any atom is -0.480 e. The third kappa shape index (κ3) is 7.58. The Balaban J connectivity index is 4.29. The van der Waals surface area contributed by atoms with E-state index in [-0.39, 0.29) is 25.3 Å². The fraction of sp³-hybridized carbons (Fsp3) is 0.692. The highest BCUT2D eigenvalue weighted by molar-refractivity contribution is 5.89. The van der Waals surface area contributed by atoms with Gasteiger partial charge in [-0.25, -0.2) is 4.79 Å². The van der Waals surface area contributed by atoms with Crippen molar-refractivity contribution < 1.29 is 24.3 Å². The van der Waals surface area contributed by atoms with Crippen LogP contribution < -0.4 is 22.1 Å². The maximum atomic E-state index is 11.7. The van der Waals surface area contributed by atoms with Crippen molar-refractivity contribution >= 4 is 23.7 Å². The lowest BCUT2D eigenvalue weighted by molar-refractivity contribution is -0.143. The van der Waals surface area contributed by atoms with Crippen LogP contribution in [0.15, 0.2) is 0 Å². The first-order valence-corrected chi connectivity index (χ1v) is 7.02. The molecule has 0 saturated carbocycles. The summed E-state index contributed by atoms with van der Waals surface area (Å²) in [4.78, 5) is 44.9. The Morgan fingerprint density at radius 1 is 1.23 bits per heavy atom. The van der Waals surface area contributed by atoms with Crippen LogP contribution in [-0.2, 0) is 19.2 Å². The number of carbonyl (C=O) groups excluding carboxylic acids is 3. The first kappa shape index (κ1) is 19.8. The fourth-order valence-corrected chi connectivity index (χ4v) is 1.63. The van der Waals surface area contributed by atoms with Crippen molar-refractivity contribution in [2.45, 2.75) is 45.2 Å². The summed E-state index contributed by atoms with van der Waals surface area (Å²) < 4.78 is 0. The molecule has 0 unspecified atom stereocenters. The highest BCUT2D eigenvalue weighted by Gasteiger charge is 2.25. The molecule has 0 saturated heterocycles. The van der Waals surface area contributed by atoms with E-state index in [2.05, 4.69) is 10.6 Å². The van der Waals surface area contributed by atoms with Crippen LogP contribution in [0.2, 0.25) is 0 Å². The molecule has 0 heterocycles. The average Bonchev–Trinajstić information content (AvgIpc) is 2.46. The smallest absolute Gasteiger partial charge is 0.326 e. The number of amides is 3. The monoisotopic (exact) mass is 316 g/mol. The van der Waals surface area contributed by atoms with Gasteiger partial charge in [0.2, 0.25) is 17.7 Å². The molecule has 0 aromatic carbocycles. The number of primary amides is 1. The van der Waals surface area contributed by atoms with Crippen molar-refractivity contribution in [1.29, 1.82) is 0 Å². The van der Waals surface area contributed by atoms with Crippen molar-refractivity contribution in [3.8, 4) is 0 Å². The van der Waals surface area contributed by atoms with Gasteiger partial charge in [0.1, 0.15) is 6.04 Å². The van der Waals surface area contributed by atoms with E-state index in [0.29, 0.717) is 6.42 Å². The molecule has 9 nitrogen and oxygen atoms in total. The Labute approximate surface area is 128 Å². The Morgan fingerprint density at radius 2 is 1.82 bits per heavy atom. The number of hydrogen-bond acceptors (Lipinski definition) is 5. The Morgan fingerprint density at radius 3 is 2.27 bits per heavy atom. The minimum atomic E-state index is -1.13. The van der Waals surface area contributed by atoms with Gasteiger partial charge >= 0.3 is 5.97 Å². The fourth-order valence-electron chi connectivity index (χ4n) is 1.63. The maximum Gasteiger partial charge on any atom is 0.326 e. The van der Waals surface area contributed by atoms with E-state index in [9.17, 15) is 19.2 Å². The molecule has 0 spiro atoms. The van der Waals surface area contributed by atoms with Crippen molar-refractivity contribution in [1.82, 2.24) is 10.6 Å². The van der Waals surface area contributed by atoms with Gasteiger partial charge in [0.05, 0.1) is 12.6 Å². The minimum absolute atomic E-state index is 0.0319. The molecule has 0 bridgehead atoms. The van der Waals surface area contributed by atoms with Gasteiger partial charge in [-0.2, -0.15) is 0 Å². The van der Waals surface area contributed by atoms with Crippen molar-refractivity contribution in [3.63, 3.8) is 0 Å². The van der Waals surface area contributed by atoms with Gasteiger partial charge in [-0.05, 0) is 12.3 Å². The summed E-state index contributed by atoms with van der Waals surface area (Å²) in [5.41, 5.74) is 10.5. The van der Waals surface area contributed by atoms with Gasteiger partial charge in [-0.1, -0.05) is 20.3 Å². The molecule has 0 aromatic rings. The lowest BCUT2D eigenvalue weighted by Gasteiger charge is -2.20. The van der Waals surface area contributed by atoms with Crippen LogP contribution in [0.25, 0.3) is 0 Å². The van der Waals surface area contributed by atoms with E-state index in [1.807, 2.05) is 6.92 Å². The zero-order chi connectivity index (χ0) is 17.3. The van der Waals surface area contributed by atoms with Crippen LogP contribution in [0, 0.1) is 5.92 Å². The first-order valence-electron chi connectivity index (χ1n) is 7.02. The molecule has 0 fully saturated rings. The molecule has 22 heavy (non-hydrogen) atoms. The van der Waals surface area contributed by atoms with Crippen LogP contribution in [0.3, 0.4) is 0 Å². The van der Waals surface area contributed by atoms with Gasteiger partial charge < -0.3 is 27.2 Å². The van der Waals surface area contributed by atoms with Gasteiger partial charge in [0, 0.05) is 6.42 Å². The average molecular weight is 316 g/mol. The Hall–Kier alpha value is -2.16. The number of carboxylic acid groups (broad SMARTS) is 1. The Kier molecular flexibility index (Phi) is 8.76. The lowest BCUT2D eigenvalue weighted by atomic mass is 9.99. The largest absolute Gasteiger partial charge is 0.480 e. The third-order valence-electron chi connectivity index (χ3n) is 3.26. The predicted octanol–water partition coefficient (Wildman–Crippen LogP) is -1.69. The highest BCUT2D eigenvalue weighted by Crippen LogP contribution is 2.07. The van der Waals surface area contributed by atoms with Crippen molar-refractivity contribution in [3.05, 3.63) is 0 Å². The number of aliphatic carboxylic acids is 1. The maximum absolute atomic E-state index is 11.7. The number of nitrogens with two attached hydrogens (primary N) is 2. The van der Waals surface area contributed by atoms with E-state index in [1.165, 1.54) is 0 Å². The van der Waals surface area contributed by atoms with Crippen LogP contribution in [0.4, 0.5) is 0 Å². The molecule has 126 valence electrons. The lowest BCUT2D eigenvalue weighted by Crippen LogP contribution is -2.50. The molecular weight excluding hydrogens is 292 g/mol. The molecule has 3 atom stereocenters. The zero-order valence-corrected chi connectivity index (χ0v) is 12.8. The second-order valence-corrected chi connectivity index (χ2v) is 5.10. The first-order chi connectivity index (χ1) is 10.2. The summed E-state index contributed by atoms with van der Waals surface area (Å²) in [5.74, 6) is -3.17. The number of carboxylic acids is 1. The van der Waals surface area contributed by atoms with Crippen LogP contribution in [0.5, 0.6) is 0 Å². The second kappa shape index (κ2) is 9.72. The molecular formula is C13H24N4O5. The summed E-state index contributed by atoms with van der Waals surface area (Å²) >= 11 is 0. The number of rotatable bonds is 10. The second-order valence-electron chi connectivity index (χ2n) is 5.10. The van der Waals surface area contributed by atoms with Gasteiger partial charge in [0.15, 0.2) is 0 Å². The van der Waals surface area contributed by atoms with Gasteiger partial charge in [-0.3, -0.25) is 14.4 Å². The van der Waals surface area contributed by atoms with E-state index in [1.54, 1.807) is 6.92 Å². The molecule has 0 aliphatic carbocycles. The van der Waals surface area contributed by atoms with Crippen LogP contribution in [-0.4, -0.2) is 47.4 Å². The van der Waals surface area contributed by atoms with E-state index >= 15 is 0 Å². The molecule has 0 aliphatic heterocycles. The van der Waals surface area contributed by atoms with E-state index in [0.717, 1.165) is 0 Å².